The molecule has 0 spiro atoms. The summed E-state index contributed by atoms with van der Waals surface area (Å²) in [4.78, 5) is 38.6. The molecule has 0 saturated carbocycles. The van der Waals surface area contributed by atoms with E-state index in [1.165, 1.54) is 18.0 Å². The van der Waals surface area contributed by atoms with Crippen molar-refractivity contribution in [3.8, 4) is 0 Å². The second-order valence-electron chi connectivity index (χ2n) is 9.80. The first-order chi connectivity index (χ1) is 14.1. The van der Waals surface area contributed by atoms with E-state index < -0.39 is 29.3 Å². The molecule has 8 nitrogen and oxygen atoms in total. The van der Waals surface area contributed by atoms with Crippen LogP contribution in [0.1, 0.15) is 74.7 Å². The van der Waals surface area contributed by atoms with Gasteiger partial charge in [0.15, 0.2) is 0 Å². The lowest BCUT2D eigenvalue weighted by Gasteiger charge is -2.33. The lowest BCUT2D eigenvalue weighted by molar-refractivity contribution is -0.160. The highest BCUT2D eigenvalue weighted by Crippen LogP contribution is 2.36. The standard InChI is InChI=1S/C23H38N2O6/c1-9-10-16-13-19(20(28)30-22(3,4)5)25(21(29)31-23(6,7)8)18(16)12-11-17(27)14-24-15(2)26/h9-10,14,16,18-19,27H,11-13H2,1-8H3,(H,24,26)/b10-9-,17-14-/t16-,18-,19-/m1/s1. The van der Waals surface area contributed by atoms with Crippen LogP contribution in [0.25, 0.3) is 0 Å². The highest BCUT2D eigenvalue weighted by Gasteiger charge is 2.48. The van der Waals surface area contributed by atoms with Gasteiger partial charge < -0.3 is 19.9 Å². The van der Waals surface area contributed by atoms with Gasteiger partial charge in [0, 0.05) is 25.6 Å². The van der Waals surface area contributed by atoms with Crippen molar-refractivity contribution in [2.24, 2.45) is 5.92 Å². The Kier molecular flexibility index (Phi) is 9.14. The normalized spacial score (nSPS) is 22.5. The fourth-order valence-corrected chi connectivity index (χ4v) is 3.48. The van der Waals surface area contributed by atoms with Crippen molar-refractivity contribution in [1.82, 2.24) is 10.2 Å². The van der Waals surface area contributed by atoms with Gasteiger partial charge >= 0.3 is 12.1 Å². The van der Waals surface area contributed by atoms with Crippen molar-refractivity contribution in [3.05, 3.63) is 24.1 Å². The SMILES string of the molecule is C/C=C\[C@@H]1C[C@H](C(=O)OC(C)(C)C)N(C(=O)OC(C)(C)C)[C@@H]1CC/C(O)=C/NC(C)=O. The molecule has 0 bridgehead atoms. The lowest BCUT2D eigenvalue weighted by atomic mass is 9.94. The molecule has 31 heavy (non-hydrogen) atoms. The molecule has 2 amide bonds. The first-order valence-electron chi connectivity index (χ1n) is 10.7. The first-order valence-corrected chi connectivity index (χ1v) is 10.7. The summed E-state index contributed by atoms with van der Waals surface area (Å²) >= 11 is 0. The number of esters is 1. The van der Waals surface area contributed by atoms with Crippen molar-refractivity contribution in [1.29, 1.82) is 0 Å². The second kappa shape index (κ2) is 10.7. The van der Waals surface area contributed by atoms with Crippen molar-refractivity contribution in [2.75, 3.05) is 0 Å². The number of allylic oxidation sites excluding steroid dienone is 2. The number of nitrogens with one attached hydrogen (secondary N) is 1. The quantitative estimate of drug-likeness (QED) is 0.366. The van der Waals surface area contributed by atoms with Gasteiger partial charge in [-0.3, -0.25) is 9.69 Å². The Labute approximate surface area is 185 Å². The summed E-state index contributed by atoms with van der Waals surface area (Å²) in [5, 5.41) is 12.5. The van der Waals surface area contributed by atoms with Crippen LogP contribution >= 0.6 is 0 Å². The van der Waals surface area contributed by atoms with E-state index in [1.54, 1.807) is 41.5 Å². The zero-order valence-corrected chi connectivity index (χ0v) is 20.0. The number of nitrogens with zero attached hydrogens (tertiary/aromatic N) is 1. The van der Waals surface area contributed by atoms with Crippen molar-refractivity contribution in [2.45, 2.75) is 97.9 Å². The third-order valence-electron chi connectivity index (χ3n) is 4.54. The highest BCUT2D eigenvalue weighted by molar-refractivity contribution is 5.83. The molecular formula is C23H38N2O6. The average molecular weight is 439 g/mol. The average Bonchev–Trinajstić information content (AvgIpc) is 2.94. The largest absolute Gasteiger partial charge is 0.511 e. The summed E-state index contributed by atoms with van der Waals surface area (Å²) in [5.74, 6) is -0.893. The topological polar surface area (TPSA) is 105 Å². The minimum atomic E-state index is -0.790. The van der Waals surface area contributed by atoms with Crippen LogP contribution in [0.5, 0.6) is 0 Å². The third kappa shape index (κ3) is 9.02. The number of carbonyl (C=O) groups excluding carboxylic acids is 3. The molecule has 0 aromatic heterocycles. The van der Waals surface area contributed by atoms with Crippen LogP contribution in [0.15, 0.2) is 24.1 Å². The van der Waals surface area contributed by atoms with E-state index in [0.717, 1.165) is 0 Å². The van der Waals surface area contributed by atoms with Gasteiger partial charge in [-0.05, 0) is 67.2 Å². The maximum absolute atomic E-state index is 13.1. The third-order valence-corrected chi connectivity index (χ3v) is 4.54. The molecular weight excluding hydrogens is 400 g/mol. The molecule has 2 N–H and O–H groups in total. The predicted molar refractivity (Wildman–Crippen MR) is 118 cm³/mol. The molecule has 0 aliphatic carbocycles. The molecule has 3 atom stereocenters. The summed E-state index contributed by atoms with van der Waals surface area (Å²) in [6.45, 7) is 13.9. The Morgan fingerprint density at radius 3 is 2.16 bits per heavy atom. The Balaban J connectivity index is 3.21. The Morgan fingerprint density at radius 1 is 1.10 bits per heavy atom. The number of amides is 2. The summed E-state index contributed by atoms with van der Waals surface area (Å²) in [5.41, 5.74) is -1.42. The van der Waals surface area contributed by atoms with Gasteiger partial charge in [0.2, 0.25) is 5.91 Å². The molecule has 0 unspecified atom stereocenters. The van der Waals surface area contributed by atoms with E-state index in [-0.39, 0.29) is 30.0 Å². The van der Waals surface area contributed by atoms with Crippen LogP contribution in [-0.4, -0.2) is 51.3 Å². The Hall–Kier alpha value is -2.51. The number of hydrogen-bond acceptors (Lipinski definition) is 6. The van der Waals surface area contributed by atoms with Crippen LogP contribution in [0, 0.1) is 5.92 Å². The van der Waals surface area contributed by atoms with Crippen LogP contribution in [-0.2, 0) is 19.1 Å². The van der Waals surface area contributed by atoms with E-state index in [4.69, 9.17) is 9.47 Å². The molecule has 0 aromatic rings. The summed E-state index contributed by atoms with van der Waals surface area (Å²) in [6, 6.07) is -1.17. The molecule has 176 valence electrons. The van der Waals surface area contributed by atoms with E-state index >= 15 is 0 Å². The van der Waals surface area contributed by atoms with Crippen molar-refractivity contribution < 1.29 is 29.0 Å². The van der Waals surface area contributed by atoms with Gasteiger partial charge in [-0.25, -0.2) is 9.59 Å². The number of aliphatic hydroxyl groups is 1. The first kappa shape index (κ1) is 26.5. The molecule has 0 aromatic carbocycles. The van der Waals surface area contributed by atoms with E-state index in [2.05, 4.69) is 5.32 Å². The van der Waals surface area contributed by atoms with Crippen LogP contribution in [0.3, 0.4) is 0 Å². The van der Waals surface area contributed by atoms with Crippen LogP contribution in [0.4, 0.5) is 4.79 Å². The van der Waals surface area contributed by atoms with Gasteiger partial charge in [-0.1, -0.05) is 12.2 Å². The molecule has 1 rings (SSSR count). The molecule has 0 radical (unpaired) electrons. The van der Waals surface area contributed by atoms with Gasteiger partial charge in [0.05, 0.1) is 0 Å². The summed E-state index contributed by atoms with van der Waals surface area (Å²) < 4.78 is 11.2. The minimum absolute atomic E-state index is 0.0146. The van der Waals surface area contributed by atoms with Gasteiger partial charge in [0.1, 0.15) is 23.0 Å². The predicted octanol–water partition coefficient (Wildman–Crippen LogP) is 4.21. The molecule has 1 saturated heterocycles. The minimum Gasteiger partial charge on any atom is -0.511 e. The number of aliphatic hydroxyl groups excluding tert-OH is 1. The monoisotopic (exact) mass is 438 g/mol. The highest BCUT2D eigenvalue weighted by atomic mass is 16.6. The number of hydrogen-bond donors (Lipinski definition) is 2. The van der Waals surface area contributed by atoms with Crippen LogP contribution < -0.4 is 5.32 Å². The zero-order chi connectivity index (χ0) is 24.0. The molecule has 1 heterocycles. The van der Waals surface area contributed by atoms with Gasteiger partial charge in [-0.15, -0.1) is 0 Å². The van der Waals surface area contributed by atoms with Crippen LogP contribution in [0.2, 0.25) is 0 Å². The van der Waals surface area contributed by atoms with E-state index in [1.807, 2.05) is 19.1 Å². The smallest absolute Gasteiger partial charge is 0.411 e. The fourth-order valence-electron chi connectivity index (χ4n) is 3.48. The lowest BCUT2D eigenvalue weighted by Crippen LogP contribution is -2.49. The fraction of sp³-hybridized carbons (Fsp3) is 0.696. The number of rotatable bonds is 6. The van der Waals surface area contributed by atoms with Gasteiger partial charge in [0.25, 0.3) is 0 Å². The maximum Gasteiger partial charge on any atom is 0.411 e. The van der Waals surface area contributed by atoms with Crippen molar-refractivity contribution >= 4 is 18.0 Å². The van der Waals surface area contributed by atoms with Crippen molar-refractivity contribution in [3.63, 3.8) is 0 Å². The number of ether oxygens (including phenoxy) is 2. The summed E-state index contributed by atoms with van der Waals surface area (Å²) in [7, 11) is 0. The van der Waals surface area contributed by atoms with Gasteiger partial charge in [-0.2, -0.15) is 0 Å². The van der Waals surface area contributed by atoms with E-state index in [0.29, 0.717) is 12.8 Å². The molecule has 8 heteroatoms. The second-order valence-corrected chi connectivity index (χ2v) is 9.80. The summed E-state index contributed by atoms with van der Waals surface area (Å²) in [6.07, 6.45) is 5.50. The number of carbonyl (C=O) groups is 3. The Bertz CT molecular complexity index is 715. The molecule has 1 fully saturated rings. The molecule has 1 aliphatic rings. The maximum atomic E-state index is 13.1. The number of likely N-dealkylation sites (tertiary alicyclic amines) is 1. The van der Waals surface area contributed by atoms with E-state index in [9.17, 15) is 19.5 Å². The zero-order valence-electron chi connectivity index (χ0n) is 20.0. The molecule has 1 aliphatic heterocycles. The Morgan fingerprint density at radius 2 is 1.68 bits per heavy atom.